The molecule has 1 aliphatic rings. The van der Waals surface area contributed by atoms with Crippen molar-refractivity contribution in [3.63, 3.8) is 0 Å². The van der Waals surface area contributed by atoms with Crippen molar-refractivity contribution >= 4 is 0 Å². The van der Waals surface area contributed by atoms with E-state index in [1.165, 1.54) is 37.7 Å². The lowest BCUT2D eigenvalue weighted by molar-refractivity contribution is 0.443. The average Bonchev–Trinajstić information content (AvgIpc) is 2.39. The van der Waals surface area contributed by atoms with E-state index in [2.05, 4.69) is 30.3 Å². The van der Waals surface area contributed by atoms with Crippen LogP contribution in [0.4, 0.5) is 0 Å². The van der Waals surface area contributed by atoms with E-state index >= 15 is 0 Å². The molecule has 1 heteroatoms. The Balaban J connectivity index is 2.09. The first kappa shape index (κ1) is 11.2. The van der Waals surface area contributed by atoms with E-state index in [1.54, 1.807) is 0 Å². The van der Waals surface area contributed by atoms with Gasteiger partial charge >= 0.3 is 0 Å². The molecule has 1 aromatic carbocycles. The van der Waals surface area contributed by atoms with Crippen molar-refractivity contribution in [2.75, 3.05) is 0 Å². The predicted molar refractivity (Wildman–Crippen MR) is 66.3 cm³/mol. The molecule has 0 radical (unpaired) electrons. The molecule has 0 amide bonds. The standard InChI is InChI=1S/C15H19N/c1-12(11-16)13-7-9-15(10-8-13)14-5-3-2-4-6-14/h7-10,12,14H,2-6H2,1H3/t12-/m1/s1. The number of hydrogen-bond acceptors (Lipinski definition) is 1. The first-order valence-electron chi connectivity index (χ1n) is 6.30. The van der Waals surface area contributed by atoms with E-state index < -0.39 is 0 Å². The van der Waals surface area contributed by atoms with Gasteiger partial charge in [-0.3, -0.25) is 0 Å². The van der Waals surface area contributed by atoms with Crippen molar-refractivity contribution in [2.24, 2.45) is 0 Å². The molecule has 84 valence electrons. The molecule has 0 aliphatic heterocycles. The smallest absolute Gasteiger partial charge is 0.0700 e. The van der Waals surface area contributed by atoms with Gasteiger partial charge in [-0.1, -0.05) is 43.5 Å². The van der Waals surface area contributed by atoms with Gasteiger partial charge in [0.25, 0.3) is 0 Å². The Hall–Kier alpha value is -1.29. The fraction of sp³-hybridized carbons (Fsp3) is 0.533. The molecule has 0 bridgehead atoms. The molecule has 0 unspecified atom stereocenters. The molecule has 1 aliphatic carbocycles. The Morgan fingerprint density at radius 1 is 1.12 bits per heavy atom. The van der Waals surface area contributed by atoms with Crippen molar-refractivity contribution < 1.29 is 0 Å². The average molecular weight is 213 g/mol. The van der Waals surface area contributed by atoms with E-state index in [0.29, 0.717) is 0 Å². The summed E-state index contributed by atoms with van der Waals surface area (Å²) in [5, 5.41) is 8.86. The molecule has 0 N–H and O–H groups in total. The molecule has 2 rings (SSSR count). The van der Waals surface area contributed by atoms with E-state index in [9.17, 15) is 0 Å². The van der Waals surface area contributed by atoms with Crippen LogP contribution in [0.5, 0.6) is 0 Å². The molecular formula is C15H19N. The van der Waals surface area contributed by atoms with Gasteiger partial charge < -0.3 is 0 Å². The highest BCUT2D eigenvalue weighted by molar-refractivity contribution is 5.30. The van der Waals surface area contributed by atoms with Gasteiger partial charge in [-0.25, -0.2) is 0 Å². The highest BCUT2D eigenvalue weighted by Gasteiger charge is 2.15. The maximum atomic E-state index is 8.86. The van der Waals surface area contributed by atoms with Crippen LogP contribution < -0.4 is 0 Å². The second-order valence-electron chi connectivity index (χ2n) is 4.85. The Morgan fingerprint density at radius 3 is 2.31 bits per heavy atom. The summed E-state index contributed by atoms with van der Waals surface area (Å²) in [7, 11) is 0. The van der Waals surface area contributed by atoms with Crippen molar-refractivity contribution in [1.29, 1.82) is 5.26 Å². The van der Waals surface area contributed by atoms with Gasteiger partial charge in [-0.15, -0.1) is 0 Å². The third-order valence-corrected chi connectivity index (χ3v) is 3.71. The van der Waals surface area contributed by atoms with E-state index in [4.69, 9.17) is 5.26 Å². The van der Waals surface area contributed by atoms with Gasteiger partial charge in [0.15, 0.2) is 0 Å². The molecule has 1 atom stereocenters. The molecule has 0 aromatic heterocycles. The van der Waals surface area contributed by atoms with Crippen LogP contribution in [-0.2, 0) is 0 Å². The summed E-state index contributed by atoms with van der Waals surface area (Å²) < 4.78 is 0. The molecule has 1 nitrogen and oxygen atoms in total. The summed E-state index contributed by atoms with van der Waals surface area (Å²) in [4.78, 5) is 0. The van der Waals surface area contributed by atoms with Gasteiger partial charge in [0.1, 0.15) is 0 Å². The fourth-order valence-corrected chi connectivity index (χ4v) is 2.57. The quantitative estimate of drug-likeness (QED) is 0.716. The summed E-state index contributed by atoms with van der Waals surface area (Å²) in [6, 6.07) is 11.0. The first-order valence-corrected chi connectivity index (χ1v) is 6.30. The second kappa shape index (κ2) is 5.16. The van der Waals surface area contributed by atoms with Crippen molar-refractivity contribution in [2.45, 2.75) is 50.9 Å². The Kier molecular flexibility index (Phi) is 3.62. The predicted octanol–water partition coefficient (Wildman–Crippen LogP) is 4.36. The SMILES string of the molecule is C[C@H](C#N)c1ccc(C2CCCCC2)cc1. The van der Waals surface area contributed by atoms with Gasteiger partial charge in [0.2, 0.25) is 0 Å². The normalized spacial score (nSPS) is 19.0. The second-order valence-corrected chi connectivity index (χ2v) is 4.85. The number of benzene rings is 1. The topological polar surface area (TPSA) is 23.8 Å². The number of rotatable bonds is 2. The summed E-state index contributed by atoms with van der Waals surface area (Å²) >= 11 is 0. The van der Waals surface area contributed by atoms with Gasteiger partial charge in [0.05, 0.1) is 12.0 Å². The summed E-state index contributed by atoms with van der Waals surface area (Å²) in [5.74, 6) is 0.778. The van der Waals surface area contributed by atoms with Crippen LogP contribution in [0.15, 0.2) is 24.3 Å². The molecule has 1 saturated carbocycles. The Morgan fingerprint density at radius 2 is 1.75 bits per heavy atom. The Bertz CT molecular complexity index is 365. The highest BCUT2D eigenvalue weighted by Crippen LogP contribution is 2.32. The minimum absolute atomic E-state index is 0.0143. The monoisotopic (exact) mass is 213 g/mol. The molecule has 0 heterocycles. The zero-order valence-corrected chi connectivity index (χ0v) is 9.95. The van der Waals surface area contributed by atoms with Crippen molar-refractivity contribution in [3.05, 3.63) is 35.4 Å². The minimum atomic E-state index is 0.0143. The number of nitriles is 1. The molecule has 0 spiro atoms. The van der Waals surface area contributed by atoms with Gasteiger partial charge in [-0.2, -0.15) is 5.26 Å². The molecular weight excluding hydrogens is 194 g/mol. The van der Waals surface area contributed by atoms with E-state index in [0.717, 1.165) is 11.5 Å². The maximum absolute atomic E-state index is 8.86. The van der Waals surface area contributed by atoms with E-state index in [1.807, 2.05) is 6.92 Å². The molecule has 16 heavy (non-hydrogen) atoms. The van der Waals surface area contributed by atoms with Crippen molar-refractivity contribution in [3.8, 4) is 6.07 Å². The highest BCUT2D eigenvalue weighted by atomic mass is 14.3. The van der Waals surface area contributed by atoms with Crippen LogP contribution in [0, 0.1) is 11.3 Å². The number of nitrogens with zero attached hydrogens (tertiary/aromatic N) is 1. The van der Waals surface area contributed by atoms with Gasteiger partial charge in [-0.05, 0) is 36.8 Å². The van der Waals surface area contributed by atoms with Crippen molar-refractivity contribution in [1.82, 2.24) is 0 Å². The zero-order valence-electron chi connectivity index (χ0n) is 9.95. The van der Waals surface area contributed by atoms with Crippen LogP contribution in [0.1, 0.15) is 62.0 Å². The van der Waals surface area contributed by atoms with E-state index in [-0.39, 0.29) is 5.92 Å². The lowest BCUT2D eigenvalue weighted by atomic mass is 9.83. The lowest BCUT2D eigenvalue weighted by Gasteiger charge is -2.22. The van der Waals surface area contributed by atoms with Crippen LogP contribution >= 0.6 is 0 Å². The molecule has 1 aromatic rings. The summed E-state index contributed by atoms with van der Waals surface area (Å²) in [5.41, 5.74) is 2.61. The third-order valence-electron chi connectivity index (χ3n) is 3.71. The van der Waals surface area contributed by atoms with Crippen LogP contribution in [0.25, 0.3) is 0 Å². The Labute approximate surface area is 98.1 Å². The lowest BCUT2D eigenvalue weighted by Crippen LogP contribution is -2.04. The minimum Gasteiger partial charge on any atom is -0.198 e. The molecule has 0 saturated heterocycles. The summed E-state index contributed by atoms with van der Waals surface area (Å²) in [6.45, 7) is 1.95. The zero-order chi connectivity index (χ0) is 11.4. The van der Waals surface area contributed by atoms with Crippen LogP contribution in [0.3, 0.4) is 0 Å². The maximum Gasteiger partial charge on any atom is 0.0700 e. The van der Waals surface area contributed by atoms with Crippen LogP contribution in [0.2, 0.25) is 0 Å². The van der Waals surface area contributed by atoms with Gasteiger partial charge in [0, 0.05) is 0 Å². The van der Waals surface area contributed by atoms with Crippen LogP contribution in [-0.4, -0.2) is 0 Å². The molecule has 1 fully saturated rings. The summed E-state index contributed by atoms with van der Waals surface area (Å²) in [6.07, 6.45) is 6.84. The number of hydrogen-bond donors (Lipinski definition) is 0. The fourth-order valence-electron chi connectivity index (χ4n) is 2.57. The largest absolute Gasteiger partial charge is 0.198 e. The first-order chi connectivity index (χ1) is 7.81. The third kappa shape index (κ3) is 2.44.